The molecule has 1 aromatic heterocycles. The van der Waals surface area contributed by atoms with Crippen LogP contribution in [0.15, 0.2) is 66.9 Å². The lowest BCUT2D eigenvalue weighted by Crippen LogP contribution is -2.52. The van der Waals surface area contributed by atoms with Gasteiger partial charge in [-0.15, -0.1) is 0 Å². The van der Waals surface area contributed by atoms with E-state index in [9.17, 15) is 4.79 Å². The first-order valence-electron chi connectivity index (χ1n) is 11.0. The van der Waals surface area contributed by atoms with Gasteiger partial charge in [-0.1, -0.05) is 48.5 Å². The van der Waals surface area contributed by atoms with Gasteiger partial charge in [0.1, 0.15) is 0 Å². The molecule has 160 valence electrons. The maximum absolute atomic E-state index is 12.2. The third-order valence-electron chi connectivity index (χ3n) is 6.68. The lowest BCUT2D eigenvalue weighted by Gasteiger charge is -2.43. The van der Waals surface area contributed by atoms with Gasteiger partial charge in [-0.25, -0.2) is 9.75 Å². The average Bonchev–Trinajstić information content (AvgIpc) is 3.37. The first-order chi connectivity index (χ1) is 15.2. The highest BCUT2D eigenvalue weighted by Crippen LogP contribution is 2.39. The van der Waals surface area contributed by atoms with Crippen LogP contribution in [0.1, 0.15) is 31.2 Å². The molecule has 2 aromatic carbocycles. The van der Waals surface area contributed by atoms with Crippen molar-refractivity contribution < 1.29 is 9.63 Å². The van der Waals surface area contributed by atoms with E-state index < -0.39 is 0 Å². The fourth-order valence-corrected chi connectivity index (χ4v) is 5.00. The van der Waals surface area contributed by atoms with E-state index in [1.165, 1.54) is 5.56 Å². The standard InChI is InChI=1S/C25H28N4O2/c1-31-29-23(30)12-13-25(29)14-16-27(17-15-25)18-21-19-28(22-10-6-3-7-11-22)26-24(21)20-8-4-2-5-9-20/h2-11,19H,12-18H2,1H3. The summed E-state index contributed by atoms with van der Waals surface area (Å²) in [5, 5.41) is 6.59. The number of rotatable bonds is 5. The van der Waals surface area contributed by atoms with E-state index in [0.29, 0.717) is 6.42 Å². The summed E-state index contributed by atoms with van der Waals surface area (Å²) in [6, 6.07) is 20.6. The molecule has 0 N–H and O–H groups in total. The molecule has 6 nitrogen and oxygen atoms in total. The van der Waals surface area contributed by atoms with Crippen molar-refractivity contribution >= 4 is 5.91 Å². The Labute approximate surface area is 183 Å². The van der Waals surface area contributed by atoms with Gasteiger partial charge in [0.25, 0.3) is 0 Å². The van der Waals surface area contributed by atoms with E-state index in [1.807, 2.05) is 28.9 Å². The smallest absolute Gasteiger partial charge is 0.246 e. The molecular weight excluding hydrogens is 388 g/mol. The van der Waals surface area contributed by atoms with Crippen molar-refractivity contribution in [2.45, 2.75) is 37.8 Å². The molecule has 5 rings (SSSR count). The van der Waals surface area contributed by atoms with Gasteiger partial charge < -0.3 is 0 Å². The molecule has 3 heterocycles. The zero-order valence-electron chi connectivity index (χ0n) is 17.9. The van der Waals surface area contributed by atoms with Crippen LogP contribution in [-0.4, -0.2) is 51.4 Å². The lowest BCUT2D eigenvalue weighted by atomic mass is 9.86. The summed E-state index contributed by atoms with van der Waals surface area (Å²) < 4.78 is 1.98. The van der Waals surface area contributed by atoms with Crippen molar-refractivity contribution in [2.75, 3.05) is 20.2 Å². The fourth-order valence-electron chi connectivity index (χ4n) is 5.00. The zero-order chi connectivity index (χ0) is 21.3. The second-order valence-electron chi connectivity index (χ2n) is 8.52. The molecule has 2 aliphatic rings. The molecule has 0 radical (unpaired) electrons. The Morgan fingerprint density at radius 3 is 2.32 bits per heavy atom. The van der Waals surface area contributed by atoms with E-state index in [-0.39, 0.29) is 11.4 Å². The molecule has 6 heteroatoms. The van der Waals surface area contributed by atoms with Crippen LogP contribution < -0.4 is 0 Å². The summed E-state index contributed by atoms with van der Waals surface area (Å²) in [4.78, 5) is 20.1. The SMILES string of the molecule is CON1C(=O)CCC12CCN(Cc1cn(-c3ccccc3)nc1-c1ccccc1)CC2. The molecule has 3 aromatic rings. The van der Waals surface area contributed by atoms with Crippen molar-refractivity contribution in [1.29, 1.82) is 0 Å². The Balaban J connectivity index is 1.38. The largest absolute Gasteiger partial charge is 0.299 e. The number of carbonyl (C=O) groups is 1. The van der Waals surface area contributed by atoms with Gasteiger partial charge in [-0.05, 0) is 31.4 Å². The van der Waals surface area contributed by atoms with Gasteiger partial charge in [0.15, 0.2) is 0 Å². The number of hydroxylamine groups is 2. The first kappa shape index (κ1) is 20.0. The van der Waals surface area contributed by atoms with Crippen LogP contribution in [0.3, 0.4) is 0 Å². The molecule has 0 aliphatic carbocycles. The van der Waals surface area contributed by atoms with Crippen molar-refractivity contribution in [3.63, 3.8) is 0 Å². The third-order valence-corrected chi connectivity index (χ3v) is 6.68. The average molecular weight is 417 g/mol. The molecule has 2 aliphatic heterocycles. The van der Waals surface area contributed by atoms with Crippen LogP contribution in [0, 0.1) is 0 Å². The fraction of sp³-hybridized carbons (Fsp3) is 0.360. The second-order valence-corrected chi connectivity index (χ2v) is 8.52. The number of hydrogen-bond acceptors (Lipinski definition) is 4. The minimum atomic E-state index is -0.126. The summed E-state index contributed by atoms with van der Waals surface area (Å²) in [6.07, 6.45) is 5.54. The van der Waals surface area contributed by atoms with Gasteiger partial charge in [0.05, 0.1) is 24.0 Å². The van der Waals surface area contributed by atoms with Crippen molar-refractivity contribution in [2.24, 2.45) is 0 Å². The quantitative estimate of drug-likeness (QED) is 0.630. The highest BCUT2D eigenvalue weighted by molar-refractivity contribution is 5.78. The van der Waals surface area contributed by atoms with Crippen LogP contribution in [-0.2, 0) is 16.2 Å². The Bertz CT molecular complexity index is 1040. The summed E-state index contributed by atoms with van der Waals surface area (Å²) in [7, 11) is 1.61. The van der Waals surface area contributed by atoms with E-state index >= 15 is 0 Å². The molecule has 1 spiro atoms. The Hall–Kier alpha value is -2.96. The van der Waals surface area contributed by atoms with Crippen molar-refractivity contribution in [3.8, 4) is 16.9 Å². The van der Waals surface area contributed by atoms with Crippen LogP contribution in [0.4, 0.5) is 0 Å². The predicted molar refractivity (Wildman–Crippen MR) is 119 cm³/mol. The molecule has 0 unspecified atom stereocenters. The second kappa shape index (κ2) is 8.29. The normalized spacial score (nSPS) is 18.7. The molecule has 1 amide bonds. The monoisotopic (exact) mass is 416 g/mol. The maximum atomic E-state index is 12.2. The van der Waals surface area contributed by atoms with E-state index in [4.69, 9.17) is 9.94 Å². The third kappa shape index (κ3) is 3.77. The number of hydrogen-bond donors (Lipinski definition) is 0. The van der Waals surface area contributed by atoms with E-state index in [1.54, 1.807) is 12.2 Å². The summed E-state index contributed by atoms with van der Waals surface area (Å²) >= 11 is 0. The predicted octanol–water partition coefficient (Wildman–Crippen LogP) is 4.06. The van der Waals surface area contributed by atoms with Crippen molar-refractivity contribution in [1.82, 2.24) is 19.7 Å². The molecule has 0 atom stereocenters. The van der Waals surface area contributed by atoms with Crippen molar-refractivity contribution in [3.05, 3.63) is 72.4 Å². The number of aromatic nitrogens is 2. The first-order valence-corrected chi connectivity index (χ1v) is 11.0. The lowest BCUT2D eigenvalue weighted by molar-refractivity contribution is -0.202. The number of carbonyl (C=O) groups excluding carboxylic acids is 1. The van der Waals surface area contributed by atoms with Crippen LogP contribution >= 0.6 is 0 Å². The number of piperidine rings is 1. The minimum Gasteiger partial charge on any atom is -0.299 e. The highest BCUT2D eigenvalue weighted by Gasteiger charge is 2.47. The molecule has 2 saturated heterocycles. The Morgan fingerprint density at radius 2 is 1.65 bits per heavy atom. The van der Waals surface area contributed by atoms with Gasteiger partial charge in [-0.3, -0.25) is 14.5 Å². The number of amides is 1. The molecule has 2 fully saturated rings. The van der Waals surface area contributed by atoms with Gasteiger partial charge in [0.2, 0.25) is 5.91 Å². The topological polar surface area (TPSA) is 50.6 Å². The summed E-state index contributed by atoms with van der Waals surface area (Å²) in [5.74, 6) is 0.117. The van der Waals surface area contributed by atoms with E-state index in [2.05, 4.69) is 47.5 Å². The number of nitrogens with zero attached hydrogens (tertiary/aromatic N) is 4. The van der Waals surface area contributed by atoms with Crippen LogP contribution in [0.5, 0.6) is 0 Å². The summed E-state index contributed by atoms with van der Waals surface area (Å²) in [5.41, 5.74) is 4.31. The minimum absolute atomic E-state index is 0.117. The molecular formula is C25H28N4O2. The zero-order valence-corrected chi connectivity index (χ0v) is 17.9. The number of benzene rings is 2. The van der Waals surface area contributed by atoms with Gasteiger partial charge in [-0.2, -0.15) is 5.10 Å². The number of likely N-dealkylation sites (tertiary alicyclic amines) is 1. The molecule has 0 saturated carbocycles. The van der Waals surface area contributed by atoms with Gasteiger partial charge >= 0.3 is 0 Å². The van der Waals surface area contributed by atoms with Crippen LogP contribution in [0.2, 0.25) is 0 Å². The van der Waals surface area contributed by atoms with Gasteiger partial charge in [0, 0.05) is 43.4 Å². The Morgan fingerprint density at radius 1 is 0.968 bits per heavy atom. The Kier molecular flexibility index (Phi) is 5.34. The van der Waals surface area contributed by atoms with E-state index in [0.717, 1.165) is 55.8 Å². The number of para-hydroxylation sites is 1. The highest BCUT2D eigenvalue weighted by atomic mass is 16.7. The molecule has 0 bridgehead atoms. The maximum Gasteiger partial charge on any atom is 0.246 e. The summed E-state index contributed by atoms with van der Waals surface area (Å²) in [6.45, 7) is 2.73. The molecule has 31 heavy (non-hydrogen) atoms. The van der Waals surface area contributed by atoms with Crippen LogP contribution in [0.25, 0.3) is 16.9 Å².